The molecule has 2 aliphatic heterocycles. The van der Waals surface area contributed by atoms with Crippen molar-refractivity contribution >= 4 is 50.6 Å². The van der Waals surface area contributed by atoms with E-state index < -0.39 is 11.3 Å². The first-order valence-corrected chi connectivity index (χ1v) is 12.0. The van der Waals surface area contributed by atoms with Gasteiger partial charge in [-0.2, -0.15) is 5.26 Å². The van der Waals surface area contributed by atoms with E-state index in [2.05, 4.69) is 27.3 Å². The van der Waals surface area contributed by atoms with E-state index in [4.69, 9.17) is 17.3 Å². The lowest BCUT2D eigenvalue weighted by molar-refractivity contribution is -0.123. The number of carbonyl (C=O) groups is 2. The number of halogens is 2. The number of nitrogens with two attached hydrogens (primary N) is 1. The van der Waals surface area contributed by atoms with Gasteiger partial charge in [-0.1, -0.05) is 47.4 Å². The van der Waals surface area contributed by atoms with E-state index in [0.717, 1.165) is 4.47 Å². The van der Waals surface area contributed by atoms with Gasteiger partial charge >= 0.3 is 0 Å². The average molecular weight is 538 g/mol. The molecule has 2 aromatic rings. The number of allylic oxidation sites excluding steroid dienone is 1. The second-order valence-corrected chi connectivity index (χ2v) is 11.1. The predicted molar refractivity (Wildman–Crippen MR) is 135 cm³/mol. The number of nitrogens with zero attached hydrogens (tertiary/aromatic N) is 2. The molecule has 0 fully saturated rings. The molecular weight excluding hydrogens is 516 g/mol. The summed E-state index contributed by atoms with van der Waals surface area (Å²) in [5.41, 5.74) is 8.22. The summed E-state index contributed by atoms with van der Waals surface area (Å²) in [5.74, 6) is -0.475. The van der Waals surface area contributed by atoms with E-state index in [0.29, 0.717) is 45.2 Å². The average Bonchev–Trinajstić information content (AvgIpc) is 3.04. The van der Waals surface area contributed by atoms with Crippen molar-refractivity contribution in [2.45, 2.75) is 39.0 Å². The molecule has 0 saturated heterocycles. The number of fused-ring (bicyclic) bond motifs is 3. The van der Waals surface area contributed by atoms with Crippen molar-refractivity contribution in [3.8, 4) is 6.07 Å². The number of amides is 1. The predicted octanol–water partition coefficient (Wildman–Crippen LogP) is 5.46. The molecular formula is C26H22BrClN4O2. The maximum Gasteiger partial charge on any atom is 0.245 e. The van der Waals surface area contributed by atoms with E-state index in [9.17, 15) is 14.9 Å². The van der Waals surface area contributed by atoms with Crippen LogP contribution in [-0.4, -0.2) is 11.7 Å². The summed E-state index contributed by atoms with van der Waals surface area (Å²) in [4.78, 5) is 29.4. The molecule has 1 spiro atoms. The molecule has 1 unspecified atom stereocenters. The Hall–Kier alpha value is -3.08. The first-order chi connectivity index (χ1) is 16.0. The molecule has 3 N–H and O–H groups in total. The Morgan fingerprint density at radius 1 is 1.15 bits per heavy atom. The van der Waals surface area contributed by atoms with Gasteiger partial charge in [0, 0.05) is 38.4 Å². The number of nitrogens with one attached hydrogen (secondary N) is 1. The van der Waals surface area contributed by atoms with Gasteiger partial charge in [0.05, 0.1) is 11.3 Å². The number of nitriles is 1. The zero-order chi connectivity index (χ0) is 24.6. The fourth-order valence-electron chi connectivity index (χ4n) is 5.49. The van der Waals surface area contributed by atoms with Crippen molar-refractivity contribution in [1.82, 2.24) is 0 Å². The van der Waals surface area contributed by atoms with Crippen LogP contribution in [0.4, 0.5) is 11.4 Å². The van der Waals surface area contributed by atoms with Crippen LogP contribution in [0.15, 0.2) is 63.5 Å². The van der Waals surface area contributed by atoms with E-state index in [-0.39, 0.29) is 29.0 Å². The molecule has 0 bridgehead atoms. The van der Waals surface area contributed by atoms with Crippen molar-refractivity contribution in [1.29, 1.82) is 5.26 Å². The van der Waals surface area contributed by atoms with Crippen LogP contribution in [-0.2, 0) is 15.0 Å². The smallest absolute Gasteiger partial charge is 0.245 e. The summed E-state index contributed by atoms with van der Waals surface area (Å²) in [7, 11) is 0. The van der Waals surface area contributed by atoms with Crippen molar-refractivity contribution in [2.24, 2.45) is 11.1 Å². The Balaban J connectivity index is 1.91. The zero-order valence-corrected chi connectivity index (χ0v) is 21.3. The number of anilines is 2. The van der Waals surface area contributed by atoms with Crippen LogP contribution in [0.3, 0.4) is 0 Å². The van der Waals surface area contributed by atoms with E-state index >= 15 is 0 Å². The third-order valence-electron chi connectivity index (χ3n) is 6.95. The fraction of sp³-hybridized carbons (Fsp3) is 0.269. The molecule has 1 amide bonds. The molecule has 3 aliphatic rings. The lowest BCUT2D eigenvalue weighted by Gasteiger charge is -2.46. The molecule has 6 nitrogen and oxygen atoms in total. The molecule has 2 aromatic carbocycles. The first-order valence-electron chi connectivity index (χ1n) is 10.9. The number of hydrogen-bond donors (Lipinski definition) is 2. The lowest BCUT2D eigenvalue weighted by Crippen LogP contribution is -2.52. The van der Waals surface area contributed by atoms with Crippen molar-refractivity contribution in [3.63, 3.8) is 0 Å². The Morgan fingerprint density at radius 2 is 1.82 bits per heavy atom. The number of rotatable bonds is 1. The number of ketones is 1. The third-order valence-corrected chi connectivity index (χ3v) is 7.89. The third kappa shape index (κ3) is 2.92. The highest BCUT2D eigenvalue weighted by molar-refractivity contribution is 9.10. The second-order valence-electron chi connectivity index (χ2n) is 9.75. The monoisotopic (exact) mass is 536 g/mol. The summed E-state index contributed by atoms with van der Waals surface area (Å²) in [5, 5.41) is 13.8. The van der Waals surface area contributed by atoms with Crippen LogP contribution in [0.25, 0.3) is 0 Å². The minimum absolute atomic E-state index is 0.0418. The van der Waals surface area contributed by atoms with Gasteiger partial charge in [-0.3, -0.25) is 14.5 Å². The SMILES string of the molecule is Cc1c(Cl)ccc2c1NC(=O)C21C(C#N)=C(N)N(c2ccc(Br)cc2)C2=C1C(=O)CC(C)(C)C2. The summed E-state index contributed by atoms with van der Waals surface area (Å²) in [6.45, 7) is 5.85. The fourth-order valence-corrected chi connectivity index (χ4v) is 5.91. The molecule has 172 valence electrons. The van der Waals surface area contributed by atoms with Gasteiger partial charge in [-0.15, -0.1) is 0 Å². The van der Waals surface area contributed by atoms with Gasteiger partial charge < -0.3 is 11.1 Å². The minimum Gasteiger partial charge on any atom is -0.384 e. The number of hydrogen-bond acceptors (Lipinski definition) is 5. The van der Waals surface area contributed by atoms with Crippen LogP contribution in [0, 0.1) is 23.7 Å². The summed E-state index contributed by atoms with van der Waals surface area (Å²) in [6, 6.07) is 13.1. The van der Waals surface area contributed by atoms with Gasteiger partial charge in [0.25, 0.3) is 0 Å². The summed E-state index contributed by atoms with van der Waals surface area (Å²) < 4.78 is 0.887. The molecule has 8 heteroatoms. The van der Waals surface area contributed by atoms with Crippen molar-refractivity contribution in [3.05, 3.63) is 79.7 Å². The Morgan fingerprint density at radius 3 is 2.47 bits per heavy atom. The van der Waals surface area contributed by atoms with Gasteiger partial charge in [-0.25, -0.2) is 0 Å². The van der Waals surface area contributed by atoms with Crippen LogP contribution in [0.2, 0.25) is 5.02 Å². The Kier molecular flexibility index (Phi) is 4.98. The molecule has 1 aliphatic carbocycles. The van der Waals surface area contributed by atoms with E-state index in [1.54, 1.807) is 24.0 Å². The van der Waals surface area contributed by atoms with Crippen LogP contribution >= 0.6 is 27.5 Å². The molecule has 0 radical (unpaired) electrons. The first kappa shape index (κ1) is 22.7. The molecule has 0 aromatic heterocycles. The molecule has 34 heavy (non-hydrogen) atoms. The minimum atomic E-state index is -1.61. The highest BCUT2D eigenvalue weighted by atomic mass is 79.9. The van der Waals surface area contributed by atoms with Gasteiger partial charge in [0.1, 0.15) is 17.3 Å². The molecule has 2 heterocycles. The lowest BCUT2D eigenvalue weighted by atomic mass is 9.60. The Bertz CT molecular complexity index is 1400. The molecule has 0 saturated carbocycles. The standard InChI is InChI=1S/C26H22BrClN4O2/c1-13-18(28)9-8-16-22(13)31-24(34)26(16)17(12-29)23(30)32(15-6-4-14(27)5-7-15)19-10-25(2,3)11-20(33)21(19)26/h4-9H,10-11,30H2,1-3H3,(H,31,34). The molecule has 5 rings (SSSR count). The number of benzene rings is 2. The van der Waals surface area contributed by atoms with Crippen molar-refractivity contribution < 1.29 is 9.59 Å². The normalized spacial score (nSPS) is 23.1. The number of Topliss-reactive ketones (excluding diaryl/α,β-unsaturated/α-hetero) is 1. The van der Waals surface area contributed by atoms with E-state index in [1.807, 2.05) is 38.1 Å². The summed E-state index contributed by atoms with van der Waals surface area (Å²) >= 11 is 9.79. The van der Waals surface area contributed by atoms with Crippen molar-refractivity contribution in [2.75, 3.05) is 10.2 Å². The van der Waals surface area contributed by atoms with Gasteiger partial charge in [0.15, 0.2) is 5.78 Å². The second kappa shape index (κ2) is 7.46. The maximum absolute atomic E-state index is 13.8. The zero-order valence-electron chi connectivity index (χ0n) is 18.9. The van der Waals surface area contributed by atoms with Crippen LogP contribution in [0.1, 0.15) is 37.8 Å². The van der Waals surface area contributed by atoms with Gasteiger partial charge in [0.2, 0.25) is 5.91 Å². The largest absolute Gasteiger partial charge is 0.384 e. The van der Waals surface area contributed by atoms with E-state index in [1.165, 1.54) is 0 Å². The summed E-state index contributed by atoms with van der Waals surface area (Å²) in [6.07, 6.45) is 0.774. The molecule has 1 atom stereocenters. The quantitative estimate of drug-likeness (QED) is 0.503. The topological polar surface area (TPSA) is 99.2 Å². The Labute approximate surface area is 211 Å². The highest BCUT2D eigenvalue weighted by Crippen LogP contribution is 2.57. The van der Waals surface area contributed by atoms with Crippen LogP contribution < -0.4 is 16.0 Å². The maximum atomic E-state index is 13.8. The van der Waals surface area contributed by atoms with Crippen LogP contribution in [0.5, 0.6) is 0 Å². The number of carbonyl (C=O) groups excluding carboxylic acids is 2. The highest BCUT2D eigenvalue weighted by Gasteiger charge is 2.61. The van der Waals surface area contributed by atoms with Gasteiger partial charge in [-0.05, 0) is 54.7 Å².